The molecule has 0 aromatic rings. The largest absolute Gasteiger partial charge is 0.575 e. The standard InChI is InChI=1S/C6H18O3S7Si/c1-5-6-16(14-12-10,15-13-11)17(7-2,8-3)9-4/h10-11H,5-6H2,1-4H3. The van der Waals surface area contributed by atoms with Crippen molar-refractivity contribution in [3.63, 3.8) is 0 Å². The SMILES string of the molecule is CCCS(SSS)(SSS)[Si](OC)(OC)OC. The third-order valence-corrected chi connectivity index (χ3v) is 31.4. The van der Waals surface area contributed by atoms with Crippen molar-refractivity contribution in [3.05, 3.63) is 0 Å². The van der Waals surface area contributed by atoms with Crippen LogP contribution in [-0.2, 0) is 13.3 Å². The summed E-state index contributed by atoms with van der Waals surface area (Å²) in [6, 6.07) is 0. The Kier molecular flexibility index (Phi) is 11.8. The first-order valence-corrected chi connectivity index (χ1v) is 16.3. The highest BCUT2D eigenvalue weighted by atomic mass is 34.0. The second-order valence-electron chi connectivity index (χ2n) is 2.72. The molecule has 0 bridgehead atoms. The molecule has 0 fully saturated rings. The minimum Gasteiger partial charge on any atom is -0.369 e. The Balaban J connectivity index is 5.31. The Bertz CT molecular complexity index is 181. The summed E-state index contributed by atoms with van der Waals surface area (Å²) in [6.07, 6.45) is 1.04. The molecule has 0 atom stereocenters. The van der Waals surface area contributed by atoms with E-state index >= 15 is 0 Å². The maximum absolute atomic E-state index is 5.65. The molecule has 0 aliphatic heterocycles. The van der Waals surface area contributed by atoms with Crippen LogP contribution in [0.2, 0.25) is 0 Å². The van der Waals surface area contributed by atoms with Crippen molar-refractivity contribution in [2.75, 3.05) is 27.1 Å². The molecular formula is C6H18O3S7Si. The highest BCUT2D eigenvalue weighted by Gasteiger charge is 2.58. The molecule has 106 valence electrons. The predicted molar refractivity (Wildman–Crippen MR) is 97.9 cm³/mol. The summed E-state index contributed by atoms with van der Waals surface area (Å²) < 4.78 is 17.0. The summed E-state index contributed by atoms with van der Waals surface area (Å²) in [4.78, 5) is 0. The van der Waals surface area contributed by atoms with Gasteiger partial charge in [0, 0.05) is 21.3 Å². The number of hydrogen-bond donors (Lipinski definition) is 2. The first-order chi connectivity index (χ1) is 8.11. The van der Waals surface area contributed by atoms with E-state index < -0.39 is 15.5 Å². The van der Waals surface area contributed by atoms with Gasteiger partial charge in [0.25, 0.3) is 0 Å². The van der Waals surface area contributed by atoms with Crippen molar-refractivity contribution >= 4 is 78.1 Å². The van der Waals surface area contributed by atoms with Crippen molar-refractivity contribution in [2.24, 2.45) is 0 Å². The monoisotopic (exact) mass is 390 g/mol. The summed E-state index contributed by atoms with van der Waals surface area (Å²) in [5.41, 5.74) is 0. The lowest BCUT2D eigenvalue weighted by Gasteiger charge is -2.44. The van der Waals surface area contributed by atoms with Crippen LogP contribution in [0.4, 0.5) is 0 Å². The van der Waals surface area contributed by atoms with Gasteiger partial charge in [-0.3, -0.25) is 0 Å². The molecule has 0 radical (unpaired) electrons. The number of rotatable bonds is 10. The zero-order valence-electron chi connectivity index (χ0n) is 10.1. The molecule has 0 saturated heterocycles. The first-order valence-electron chi connectivity index (χ1n) is 4.57. The van der Waals surface area contributed by atoms with Gasteiger partial charge in [-0.2, -0.15) is 0 Å². The van der Waals surface area contributed by atoms with Gasteiger partial charge in [0.15, 0.2) is 0 Å². The van der Waals surface area contributed by atoms with E-state index in [-0.39, 0.29) is 0 Å². The molecule has 11 heteroatoms. The van der Waals surface area contributed by atoms with Crippen molar-refractivity contribution in [1.82, 2.24) is 0 Å². The predicted octanol–water partition coefficient (Wildman–Crippen LogP) is 4.86. The van der Waals surface area contributed by atoms with Gasteiger partial charge in [-0.25, -0.2) is 0 Å². The van der Waals surface area contributed by atoms with Crippen LogP contribution in [-0.4, -0.2) is 35.0 Å². The summed E-state index contributed by atoms with van der Waals surface area (Å²) in [6.45, 7) is 2.15. The van der Waals surface area contributed by atoms with E-state index in [1.165, 1.54) is 19.7 Å². The summed E-state index contributed by atoms with van der Waals surface area (Å²) in [5.74, 6) is 0.991. The van der Waals surface area contributed by atoms with Gasteiger partial charge in [-0.15, -0.1) is 0 Å². The van der Waals surface area contributed by atoms with E-state index in [1.54, 1.807) is 41.0 Å². The fourth-order valence-corrected chi connectivity index (χ4v) is 39.7. The van der Waals surface area contributed by atoms with Crippen LogP contribution >= 0.6 is 70.2 Å². The smallest absolute Gasteiger partial charge is 0.369 e. The van der Waals surface area contributed by atoms with Gasteiger partial charge < -0.3 is 13.3 Å². The number of thiol groups is 2. The van der Waals surface area contributed by atoms with Crippen molar-refractivity contribution in [3.8, 4) is 0 Å². The molecule has 0 saturated carbocycles. The maximum atomic E-state index is 5.65. The molecule has 0 aromatic carbocycles. The molecule has 0 aliphatic rings. The van der Waals surface area contributed by atoms with E-state index in [4.69, 9.17) is 13.3 Å². The van der Waals surface area contributed by atoms with Crippen molar-refractivity contribution in [2.45, 2.75) is 13.3 Å². The average molecular weight is 391 g/mol. The van der Waals surface area contributed by atoms with Gasteiger partial charge >= 0.3 is 7.95 Å². The third kappa shape index (κ3) is 4.79. The Morgan fingerprint density at radius 3 is 1.65 bits per heavy atom. The quantitative estimate of drug-likeness (QED) is 0.312. The normalized spacial score (nSPS) is 14.0. The fourth-order valence-electron chi connectivity index (χ4n) is 1.29. The van der Waals surface area contributed by atoms with Crippen LogP contribution < -0.4 is 0 Å². The van der Waals surface area contributed by atoms with Crippen LogP contribution in [0.1, 0.15) is 13.3 Å². The maximum Gasteiger partial charge on any atom is 0.575 e. The highest BCUT2D eigenvalue weighted by Crippen LogP contribution is 2.81. The van der Waals surface area contributed by atoms with E-state index in [2.05, 4.69) is 30.2 Å². The Morgan fingerprint density at radius 2 is 1.41 bits per heavy atom. The second kappa shape index (κ2) is 10.3. The van der Waals surface area contributed by atoms with Gasteiger partial charge in [0.1, 0.15) is 0 Å². The van der Waals surface area contributed by atoms with E-state index in [0.717, 1.165) is 12.2 Å². The summed E-state index contributed by atoms with van der Waals surface area (Å²) in [7, 11) is 7.23. The summed E-state index contributed by atoms with van der Waals surface area (Å²) >= 11 is 8.51. The van der Waals surface area contributed by atoms with Gasteiger partial charge in [0.05, 0.1) is 0 Å². The molecular weight excluding hydrogens is 373 g/mol. The first kappa shape index (κ1) is 19.5. The lowest BCUT2D eigenvalue weighted by atomic mass is 10.6. The Hall–Kier alpha value is 2.55. The Morgan fingerprint density at radius 1 is 1.00 bits per heavy atom. The molecule has 0 spiro atoms. The van der Waals surface area contributed by atoms with Crippen LogP contribution in [0.5, 0.6) is 0 Å². The van der Waals surface area contributed by atoms with Gasteiger partial charge in [0.2, 0.25) is 0 Å². The molecule has 0 aliphatic carbocycles. The third-order valence-electron chi connectivity index (χ3n) is 1.88. The molecule has 0 heterocycles. The second-order valence-corrected chi connectivity index (χ2v) is 23.4. The van der Waals surface area contributed by atoms with Crippen molar-refractivity contribution in [1.29, 1.82) is 0 Å². The van der Waals surface area contributed by atoms with E-state index in [9.17, 15) is 0 Å². The highest BCUT2D eigenvalue weighted by molar-refractivity contribution is 9.57. The molecule has 17 heavy (non-hydrogen) atoms. The molecule has 0 unspecified atom stereocenters. The van der Waals surface area contributed by atoms with Crippen LogP contribution in [0.15, 0.2) is 0 Å². The fraction of sp³-hybridized carbons (Fsp3) is 1.00. The van der Waals surface area contributed by atoms with Crippen LogP contribution in [0, 0.1) is 0 Å². The zero-order valence-corrected chi connectivity index (χ0v) is 16.9. The molecule has 0 N–H and O–H groups in total. The lowest BCUT2D eigenvalue weighted by Crippen LogP contribution is -2.46. The molecule has 3 nitrogen and oxygen atoms in total. The van der Waals surface area contributed by atoms with Crippen LogP contribution in [0.25, 0.3) is 0 Å². The number of hydrogen-bond acceptors (Lipinski definition) is 9. The molecule has 0 rings (SSSR count). The molecule has 0 amide bonds. The average Bonchev–Trinajstić information content (AvgIpc) is 2.33. The van der Waals surface area contributed by atoms with Crippen molar-refractivity contribution < 1.29 is 13.3 Å². The van der Waals surface area contributed by atoms with Crippen LogP contribution in [0.3, 0.4) is 0 Å². The van der Waals surface area contributed by atoms with Gasteiger partial charge in [-0.1, -0.05) is 37.8 Å². The van der Waals surface area contributed by atoms with E-state index in [1.807, 2.05) is 0 Å². The molecule has 0 aromatic heterocycles. The minimum absolute atomic E-state index is 0.991. The minimum atomic E-state index is -2.69. The summed E-state index contributed by atoms with van der Waals surface area (Å²) in [5, 5.41) is 0. The van der Waals surface area contributed by atoms with Gasteiger partial charge in [-0.05, 0) is 51.5 Å². The lowest BCUT2D eigenvalue weighted by molar-refractivity contribution is 0.152. The Labute approximate surface area is 131 Å². The topological polar surface area (TPSA) is 27.7 Å². The van der Waals surface area contributed by atoms with E-state index in [0.29, 0.717) is 0 Å². The zero-order chi connectivity index (χ0) is 13.4.